The molecule has 6 nitrogen and oxygen atoms in total. The molecule has 0 radical (unpaired) electrons. The van der Waals surface area contributed by atoms with Crippen LogP contribution in [0.1, 0.15) is 38.2 Å². The predicted octanol–water partition coefficient (Wildman–Crippen LogP) is 4.99. The number of benzene rings is 2. The minimum absolute atomic E-state index is 0.201. The number of unbranched alkanes of at least 4 members (excludes halogenated alkanes) is 3. The van der Waals surface area contributed by atoms with Gasteiger partial charge in [0.05, 0.1) is 18.2 Å². The van der Waals surface area contributed by atoms with E-state index in [1.54, 1.807) is 19.2 Å². The monoisotopic (exact) mass is 469 g/mol. The molecule has 4 aromatic rings. The van der Waals surface area contributed by atoms with Crippen LogP contribution in [-0.2, 0) is 0 Å². The highest BCUT2D eigenvalue weighted by Crippen LogP contribution is 2.28. The molecule has 0 aliphatic rings. The Morgan fingerprint density at radius 2 is 1.91 bits per heavy atom. The number of thiazole rings is 1. The van der Waals surface area contributed by atoms with Crippen LogP contribution in [0.2, 0.25) is 5.02 Å². The number of hydrogen-bond donors (Lipinski definition) is 0. The van der Waals surface area contributed by atoms with Crippen molar-refractivity contribution in [3.05, 3.63) is 67.9 Å². The van der Waals surface area contributed by atoms with Gasteiger partial charge in [-0.15, -0.1) is 5.10 Å². The fourth-order valence-electron chi connectivity index (χ4n) is 3.31. The SMILES string of the molecule is CCCCCCOc1ccc(/C=c2\sc3nc(-c4ccc(Cl)cc4)nn3c2=O)cc1OC. The molecule has 2 heterocycles. The number of ether oxygens (including phenoxy) is 2. The van der Waals surface area contributed by atoms with E-state index in [2.05, 4.69) is 17.0 Å². The zero-order valence-corrected chi connectivity index (χ0v) is 19.6. The van der Waals surface area contributed by atoms with Crippen molar-refractivity contribution < 1.29 is 9.47 Å². The van der Waals surface area contributed by atoms with Gasteiger partial charge in [-0.25, -0.2) is 0 Å². The summed E-state index contributed by atoms with van der Waals surface area (Å²) in [4.78, 5) is 17.9. The highest BCUT2D eigenvalue weighted by Gasteiger charge is 2.12. The summed E-state index contributed by atoms with van der Waals surface area (Å²) >= 11 is 7.24. The molecule has 0 N–H and O–H groups in total. The molecule has 0 spiro atoms. The molecule has 0 aliphatic heterocycles. The number of fused-ring (bicyclic) bond motifs is 1. The maximum Gasteiger partial charge on any atom is 0.291 e. The average molecular weight is 470 g/mol. The molecule has 4 rings (SSSR count). The summed E-state index contributed by atoms with van der Waals surface area (Å²) in [5.74, 6) is 1.85. The molecule has 32 heavy (non-hydrogen) atoms. The molecular formula is C24H24ClN3O3S. The van der Waals surface area contributed by atoms with Crippen molar-refractivity contribution in [2.45, 2.75) is 32.6 Å². The van der Waals surface area contributed by atoms with Gasteiger partial charge in [0.1, 0.15) is 0 Å². The highest BCUT2D eigenvalue weighted by atomic mass is 35.5. The van der Waals surface area contributed by atoms with Gasteiger partial charge in [0.25, 0.3) is 5.56 Å². The Balaban J connectivity index is 1.57. The van der Waals surface area contributed by atoms with Crippen LogP contribution in [0.25, 0.3) is 22.4 Å². The third-order valence-corrected chi connectivity index (χ3v) is 6.24. The molecular weight excluding hydrogens is 446 g/mol. The van der Waals surface area contributed by atoms with E-state index in [0.717, 1.165) is 24.0 Å². The van der Waals surface area contributed by atoms with Gasteiger partial charge in [-0.05, 0) is 54.5 Å². The van der Waals surface area contributed by atoms with Crippen LogP contribution in [-0.4, -0.2) is 28.3 Å². The standard InChI is InChI=1S/C24H24ClN3O3S/c1-3-4-5-6-13-31-19-12-7-16(14-20(19)30-2)15-21-23(29)28-24(32-21)26-22(27-28)17-8-10-18(25)11-9-17/h7-12,14-15H,3-6,13H2,1-2H3/b21-15-. The van der Waals surface area contributed by atoms with Crippen LogP contribution in [0.4, 0.5) is 0 Å². The van der Waals surface area contributed by atoms with E-state index in [0.29, 0.717) is 38.4 Å². The van der Waals surface area contributed by atoms with E-state index in [-0.39, 0.29) is 5.56 Å². The normalized spacial score (nSPS) is 11.9. The second-order valence-corrected chi connectivity index (χ2v) is 8.82. The van der Waals surface area contributed by atoms with Crippen LogP contribution in [0.3, 0.4) is 0 Å². The van der Waals surface area contributed by atoms with Gasteiger partial charge in [0.15, 0.2) is 17.3 Å². The summed E-state index contributed by atoms with van der Waals surface area (Å²) in [5.41, 5.74) is 1.46. The summed E-state index contributed by atoms with van der Waals surface area (Å²) in [7, 11) is 1.61. The average Bonchev–Trinajstić information content (AvgIpc) is 3.34. The lowest BCUT2D eigenvalue weighted by molar-refractivity contribution is 0.285. The zero-order chi connectivity index (χ0) is 22.5. The van der Waals surface area contributed by atoms with Crippen molar-refractivity contribution in [2.75, 3.05) is 13.7 Å². The highest BCUT2D eigenvalue weighted by molar-refractivity contribution is 7.15. The summed E-state index contributed by atoms with van der Waals surface area (Å²) in [5, 5.41) is 5.01. The van der Waals surface area contributed by atoms with Crippen LogP contribution >= 0.6 is 22.9 Å². The maximum atomic E-state index is 12.8. The van der Waals surface area contributed by atoms with E-state index in [1.807, 2.05) is 36.4 Å². The van der Waals surface area contributed by atoms with Crippen molar-refractivity contribution >= 4 is 34.0 Å². The van der Waals surface area contributed by atoms with Gasteiger partial charge in [-0.3, -0.25) is 4.79 Å². The molecule has 8 heteroatoms. The van der Waals surface area contributed by atoms with Crippen LogP contribution in [0.15, 0.2) is 47.3 Å². The summed E-state index contributed by atoms with van der Waals surface area (Å²) in [6.07, 6.45) is 6.40. The number of aromatic nitrogens is 3. The molecule has 2 aromatic carbocycles. The fraction of sp³-hybridized carbons (Fsp3) is 0.292. The van der Waals surface area contributed by atoms with E-state index >= 15 is 0 Å². The Kier molecular flexibility index (Phi) is 7.07. The molecule has 0 saturated heterocycles. The van der Waals surface area contributed by atoms with Gasteiger partial charge < -0.3 is 9.47 Å². The smallest absolute Gasteiger partial charge is 0.291 e. The molecule has 2 aromatic heterocycles. The summed E-state index contributed by atoms with van der Waals surface area (Å²) in [6.45, 7) is 2.85. The van der Waals surface area contributed by atoms with Gasteiger partial charge in [-0.2, -0.15) is 9.50 Å². The summed E-state index contributed by atoms with van der Waals surface area (Å²) < 4.78 is 13.3. The number of halogens is 1. The van der Waals surface area contributed by atoms with E-state index in [9.17, 15) is 4.79 Å². The molecule has 0 atom stereocenters. The van der Waals surface area contributed by atoms with E-state index in [4.69, 9.17) is 21.1 Å². The first-order chi connectivity index (χ1) is 15.6. The molecule has 166 valence electrons. The first kappa shape index (κ1) is 22.3. The number of hydrogen-bond acceptors (Lipinski definition) is 6. The molecule has 0 amide bonds. The van der Waals surface area contributed by atoms with Crippen LogP contribution in [0.5, 0.6) is 11.5 Å². The van der Waals surface area contributed by atoms with Gasteiger partial charge in [0.2, 0.25) is 4.96 Å². The Morgan fingerprint density at radius 1 is 1.09 bits per heavy atom. The third-order valence-electron chi connectivity index (χ3n) is 5.03. The topological polar surface area (TPSA) is 65.7 Å². The molecule has 0 aliphatic carbocycles. The Bertz CT molecular complexity index is 1320. The van der Waals surface area contributed by atoms with Crippen molar-refractivity contribution in [3.8, 4) is 22.9 Å². The first-order valence-corrected chi connectivity index (χ1v) is 11.8. The van der Waals surface area contributed by atoms with E-state index in [1.165, 1.54) is 28.7 Å². The number of nitrogens with zero attached hydrogens (tertiary/aromatic N) is 3. The Hall–Kier alpha value is -2.90. The summed E-state index contributed by atoms with van der Waals surface area (Å²) in [6, 6.07) is 12.9. The van der Waals surface area contributed by atoms with Crippen molar-refractivity contribution in [3.63, 3.8) is 0 Å². The lowest BCUT2D eigenvalue weighted by atomic mass is 10.2. The largest absolute Gasteiger partial charge is 0.493 e. The van der Waals surface area contributed by atoms with Gasteiger partial charge in [0, 0.05) is 10.6 Å². The minimum atomic E-state index is -0.201. The van der Waals surface area contributed by atoms with Crippen molar-refractivity contribution in [2.24, 2.45) is 0 Å². The Labute approximate surface area is 195 Å². The molecule has 0 saturated carbocycles. The second kappa shape index (κ2) is 10.1. The number of methoxy groups -OCH3 is 1. The molecule has 0 fully saturated rings. The maximum absolute atomic E-state index is 12.8. The first-order valence-electron chi connectivity index (χ1n) is 10.6. The Morgan fingerprint density at radius 3 is 2.62 bits per heavy atom. The zero-order valence-electron chi connectivity index (χ0n) is 18.0. The van der Waals surface area contributed by atoms with Crippen molar-refractivity contribution in [1.82, 2.24) is 14.6 Å². The van der Waals surface area contributed by atoms with Gasteiger partial charge in [-0.1, -0.05) is 55.2 Å². The predicted molar refractivity (Wildman–Crippen MR) is 129 cm³/mol. The molecule has 0 unspecified atom stereocenters. The van der Waals surface area contributed by atoms with Crippen LogP contribution in [0, 0.1) is 0 Å². The lowest BCUT2D eigenvalue weighted by Gasteiger charge is -2.11. The van der Waals surface area contributed by atoms with Crippen molar-refractivity contribution in [1.29, 1.82) is 0 Å². The second-order valence-electron chi connectivity index (χ2n) is 7.37. The van der Waals surface area contributed by atoms with E-state index < -0.39 is 0 Å². The molecule has 0 bridgehead atoms. The third kappa shape index (κ3) is 4.95. The fourth-order valence-corrected chi connectivity index (χ4v) is 4.34. The lowest BCUT2D eigenvalue weighted by Crippen LogP contribution is -2.23. The minimum Gasteiger partial charge on any atom is -0.493 e. The quantitative estimate of drug-likeness (QED) is 0.323. The number of rotatable bonds is 9. The van der Waals surface area contributed by atoms with Crippen LogP contribution < -0.4 is 19.6 Å². The van der Waals surface area contributed by atoms with Gasteiger partial charge >= 0.3 is 0 Å².